The van der Waals surface area contributed by atoms with Gasteiger partial charge in [0.1, 0.15) is 5.75 Å². The summed E-state index contributed by atoms with van der Waals surface area (Å²) in [5.41, 5.74) is 0.475. The second-order valence-electron chi connectivity index (χ2n) is 6.46. The summed E-state index contributed by atoms with van der Waals surface area (Å²) in [4.78, 5) is 12.6. The molecule has 28 heavy (non-hydrogen) atoms. The van der Waals surface area contributed by atoms with Crippen LogP contribution in [0.1, 0.15) is 19.8 Å². The SMILES string of the molecule is C[C@H](Oc1ccc(Cl)cc1Cl)C(=O)Nc1ccc(S(=O)(=O)N2CCCC2)cc1. The Kier molecular flexibility index (Phi) is 6.50. The summed E-state index contributed by atoms with van der Waals surface area (Å²) < 4.78 is 32.1. The lowest BCUT2D eigenvalue weighted by molar-refractivity contribution is -0.122. The minimum Gasteiger partial charge on any atom is -0.479 e. The molecule has 2 aromatic rings. The van der Waals surface area contributed by atoms with Crippen LogP contribution in [0.4, 0.5) is 5.69 Å². The molecule has 1 heterocycles. The first-order chi connectivity index (χ1) is 13.3. The Morgan fingerprint density at radius 2 is 1.75 bits per heavy atom. The van der Waals surface area contributed by atoms with Crippen molar-refractivity contribution in [3.8, 4) is 5.75 Å². The molecule has 0 radical (unpaired) electrons. The molecule has 1 fully saturated rings. The van der Waals surface area contributed by atoms with Gasteiger partial charge in [0.05, 0.1) is 9.92 Å². The Morgan fingerprint density at radius 1 is 1.11 bits per heavy atom. The van der Waals surface area contributed by atoms with Crippen LogP contribution in [0.2, 0.25) is 10.0 Å². The molecule has 0 bridgehead atoms. The summed E-state index contributed by atoms with van der Waals surface area (Å²) in [6.45, 7) is 2.68. The summed E-state index contributed by atoms with van der Waals surface area (Å²) in [5.74, 6) is -0.0399. The van der Waals surface area contributed by atoms with Crippen LogP contribution in [0.5, 0.6) is 5.75 Å². The number of sulfonamides is 1. The van der Waals surface area contributed by atoms with Gasteiger partial charge in [-0.3, -0.25) is 4.79 Å². The third kappa shape index (κ3) is 4.78. The van der Waals surface area contributed by atoms with E-state index in [1.165, 1.54) is 22.5 Å². The first kappa shape index (κ1) is 20.9. The summed E-state index contributed by atoms with van der Waals surface area (Å²) in [6, 6.07) is 10.8. The smallest absolute Gasteiger partial charge is 0.265 e. The lowest BCUT2D eigenvalue weighted by Crippen LogP contribution is -2.30. The van der Waals surface area contributed by atoms with Crippen LogP contribution >= 0.6 is 23.2 Å². The molecule has 0 saturated carbocycles. The third-order valence-electron chi connectivity index (χ3n) is 4.39. The molecule has 1 aliphatic rings. The van der Waals surface area contributed by atoms with Crippen LogP contribution in [0.25, 0.3) is 0 Å². The number of halogens is 2. The van der Waals surface area contributed by atoms with Crippen molar-refractivity contribution in [2.24, 2.45) is 0 Å². The minimum absolute atomic E-state index is 0.213. The number of nitrogens with one attached hydrogen (secondary N) is 1. The fraction of sp³-hybridized carbons (Fsp3) is 0.316. The van der Waals surface area contributed by atoms with Gasteiger partial charge in [0.25, 0.3) is 5.91 Å². The summed E-state index contributed by atoms with van der Waals surface area (Å²) in [6.07, 6.45) is 0.942. The van der Waals surface area contributed by atoms with E-state index < -0.39 is 16.1 Å². The Balaban J connectivity index is 1.63. The number of hydrogen-bond donors (Lipinski definition) is 1. The van der Waals surface area contributed by atoms with Crippen LogP contribution < -0.4 is 10.1 Å². The molecule has 1 N–H and O–H groups in total. The molecule has 0 aromatic heterocycles. The molecular formula is C19H20Cl2N2O4S. The van der Waals surface area contributed by atoms with Crippen molar-refractivity contribution < 1.29 is 17.9 Å². The number of hydrogen-bond acceptors (Lipinski definition) is 4. The van der Waals surface area contributed by atoms with Crippen LogP contribution in [-0.2, 0) is 14.8 Å². The van der Waals surface area contributed by atoms with Crippen molar-refractivity contribution in [1.29, 1.82) is 0 Å². The Labute approximate surface area is 174 Å². The zero-order valence-corrected chi connectivity index (χ0v) is 17.5. The first-order valence-corrected chi connectivity index (χ1v) is 11.0. The predicted molar refractivity (Wildman–Crippen MR) is 110 cm³/mol. The fourth-order valence-electron chi connectivity index (χ4n) is 2.85. The highest BCUT2D eigenvalue weighted by molar-refractivity contribution is 7.89. The Morgan fingerprint density at radius 3 is 2.36 bits per heavy atom. The number of ether oxygens (including phenoxy) is 1. The number of amides is 1. The van der Waals surface area contributed by atoms with Gasteiger partial charge < -0.3 is 10.1 Å². The van der Waals surface area contributed by atoms with E-state index in [-0.39, 0.29) is 10.8 Å². The van der Waals surface area contributed by atoms with Gasteiger partial charge >= 0.3 is 0 Å². The maximum Gasteiger partial charge on any atom is 0.265 e. The highest BCUT2D eigenvalue weighted by Crippen LogP contribution is 2.28. The Bertz CT molecular complexity index is 958. The van der Waals surface area contributed by atoms with Crippen molar-refractivity contribution in [3.63, 3.8) is 0 Å². The van der Waals surface area contributed by atoms with E-state index in [9.17, 15) is 13.2 Å². The van der Waals surface area contributed by atoms with Crippen LogP contribution in [-0.4, -0.2) is 37.8 Å². The van der Waals surface area contributed by atoms with Crippen molar-refractivity contribution >= 4 is 44.8 Å². The average Bonchev–Trinajstić information content (AvgIpc) is 3.20. The second kappa shape index (κ2) is 8.69. The standard InChI is InChI=1S/C19H20Cl2N2O4S/c1-13(27-18-9-4-14(20)12-17(18)21)19(24)22-15-5-7-16(8-6-15)28(25,26)23-10-2-3-11-23/h4-9,12-13H,2-3,10-11H2,1H3,(H,22,24)/t13-/m0/s1. The van der Waals surface area contributed by atoms with Gasteiger partial charge in [0, 0.05) is 23.8 Å². The van der Waals surface area contributed by atoms with E-state index in [0.29, 0.717) is 34.6 Å². The van der Waals surface area contributed by atoms with Crippen LogP contribution in [0.3, 0.4) is 0 Å². The van der Waals surface area contributed by atoms with E-state index in [4.69, 9.17) is 27.9 Å². The number of anilines is 1. The molecule has 1 saturated heterocycles. The summed E-state index contributed by atoms with van der Waals surface area (Å²) in [5, 5.41) is 3.48. The number of rotatable bonds is 6. The maximum atomic E-state index is 12.5. The van der Waals surface area contributed by atoms with Gasteiger partial charge in [0.15, 0.2) is 6.10 Å². The van der Waals surface area contributed by atoms with E-state index in [0.717, 1.165) is 12.8 Å². The average molecular weight is 443 g/mol. The number of nitrogens with zero attached hydrogens (tertiary/aromatic N) is 1. The zero-order valence-electron chi connectivity index (χ0n) is 15.2. The van der Waals surface area contributed by atoms with Crippen LogP contribution in [0, 0.1) is 0 Å². The molecule has 9 heteroatoms. The van der Waals surface area contributed by atoms with Crippen LogP contribution in [0.15, 0.2) is 47.4 Å². The molecule has 0 spiro atoms. The largest absolute Gasteiger partial charge is 0.479 e. The lowest BCUT2D eigenvalue weighted by Gasteiger charge is -2.17. The monoisotopic (exact) mass is 442 g/mol. The van der Waals surface area contributed by atoms with Gasteiger partial charge in [-0.15, -0.1) is 0 Å². The van der Waals surface area contributed by atoms with E-state index in [1.54, 1.807) is 31.2 Å². The highest BCUT2D eigenvalue weighted by atomic mass is 35.5. The minimum atomic E-state index is -3.48. The molecular weight excluding hydrogens is 423 g/mol. The summed E-state index contributed by atoms with van der Waals surface area (Å²) in [7, 11) is -3.48. The molecule has 1 amide bonds. The number of carbonyl (C=O) groups excluding carboxylic acids is 1. The number of benzene rings is 2. The van der Waals surface area contributed by atoms with Gasteiger partial charge in [-0.25, -0.2) is 8.42 Å². The lowest BCUT2D eigenvalue weighted by atomic mass is 10.3. The van der Waals surface area contributed by atoms with E-state index in [1.807, 2.05) is 0 Å². The second-order valence-corrected chi connectivity index (χ2v) is 9.24. The van der Waals surface area contributed by atoms with E-state index >= 15 is 0 Å². The third-order valence-corrected chi connectivity index (χ3v) is 6.83. The molecule has 3 rings (SSSR count). The molecule has 150 valence electrons. The topological polar surface area (TPSA) is 75.7 Å². The van der Waals surface area contributed by atoms with Gasteiger partial charge in [0.2, 0.25) is 10.0 Å². The molecule has 6 nitrogen and oxygen atoms in total. The van der Waals surface area contributed by atoms with Crippen molar-refractivity contribution in [2.75, 3.05) is 18.4 Å². The quantitative estimate of drug-likeness (QED) is 0.727. The van der Waals surface area contributed by atoms with Gasteiger partial charge in [-0.2, -0.15) is 4.31 Å². The molecule has 1 atom stereocenters. The number of carbonyl (C=O) groups is 1. The molecule has 1 aliphatic heterocycles. The van der Waals surface area contributed by atoms with Crippen molar-refractivity contribution in [1.82, 2.24) is 4.31 Å². The van der Waals surface area contributed by atoms with Gasteiger partial charge in [-0.1, -0.05) is 23.2 Å². The van der Waals surface area contributed by atoms with Gasteiger partial charge in [-0.05, 0) is 62.2 Å². The molecule has 2 aromatic carbocycles. The molecule has 0 aliphatic carbocycles. The molecule has 0 unspecified atom stereocenters. The zero-order chi connectivity index (χ0) is 20.3. The highest BCUT2D eigenvalue weighted by Gasteiger charge is 2.27. The summed E-state index contributed by atoms with van der Waals surface area (Å²) >= 11 is 11.9. The predicted octanol–water partition coefficient (Wildman–Crippen LogP) is 4.18. The normalized spacial score (nSPS) is 16.0. The maximum absolute atomic E-state index is 12.5. The van der Waals surface area contributed by atoms with E-state index in [2.05, 4.69) is 5.32 Å². The van der Waals surface area contributed by atoms with Crippen molar-refractivity contribution in [3.05, 3.63) is 52.5 Å². The fourth-order valence-corrected chi connectivity index (χ4v) is 4.82. The first-order valence-electron chi connectivity index (χ1n) is 8.80. The van der Waals surface area contributed by atoms with Crippen molar-refractivity contribution in [2.45, 2.75) is 30.8 Å². The Hall–Kier alpha value is -1.80.